The van der Waals surface area contributed by atoms with E-state index in [4.69, 9.17) is 5.84 Å². The first-order valence-corrected chi connectivity index (χ1v) is 6.68. The molecule has 0 radical (unpaired) electrons. The number of nitrogen functional groups attached to an aromatic ring is 1. The Kier molecular flexibility index (Phi) is 4.45. The third-order valence-corrected chi connectivity index (χ3v) is 3.27. The van der Waals surface area contributed by atoms with Crippen molar-refractivity contribution >= 4 is 23.0 Å². The quantitative estimate of drug-likeness (QED) is 0.596. The van der Waals surface area contributed by atoms with Gasteiger partial charge in [0.05, 0.1) is 11.4 Å². The summed E-state index contributed by atoms with van der Waals surface area (Å²) in [5, 5.41) is 2.95. The van der Waals surface area contributed by atoms with Gasteiger partial charge in [-0.05, 0) is 42.8 Å². The molecule has 2 aromatic rings. The maximum atomic E-state index is 12.4. The van der Waals surface area contributed by atoms with Crippen molar-refractivity contribution in [3.63, 3.8) is 0 Å². The van der Waals surface area contributed by atoms with Crippen LogP contribution in [0.1, 0.15) is 15.9 Å². The van der Waals surface area contributed by atoms with Gasteiger partial charge in [-0.15, -0.1) is 0 Å². The minimum atomic E-state index is -0.134. The highest BCUT2D eigenvalue weighted by Crippen LogP contribution is 2.24. The number of nitrogens with one attached hydrogen (secondary N) is 2. The molecule has 0 aromatic heterocycles. The predicted molar refractivity (Wildman–Crippen MR) is 87.7 cm³/mol. The van der Waals surface area contributed by atoms with Crippen LogP contribution in [0.15, 0.2) is 42.5 Å². The van der Waals surface area contributed by atoms with E-state index in [-0.39, 0.29) is 5.91 Å². The summed E-state index contributed by atoms with van der Waals surface area (Å²) in [7, 11) is 3.88. The lowest BCUT2D eigenvalue weighted by atomic mass is 10.1. The summed E-state index contributed by atoms with van der Waals surface area (Å²) in [6, 6.07) is 13.1. The minimum Gasteiger partial charge on any atom is -0.376 e. The van der Waals surface area contributed by atoms with E-state index >= 15 is 0 Å². The summed E-state index contributed by atoms with van der Waals surface area (Å²) < 4.78 is 0. The molecule has 0 aliphatic rings. The number of carbonyl (C=O) groups excluding carboxylic acids is 1. The number of amides is 1. The number of hydrogen-bond acceptors (Lipinski definition) is 4. The smallest absolute Gasteiger partial charge is 0.255 e. The van der Waals surface area contributed by atoms with Crippen molar-refractivity contribution in [3.8, 4) is 0 Å². The van der Waals surface area contributed by atoms with Gasteiger partial charge < -0.3 is 15.6 Å². The third kappa shape index (κ3) is 3.32. The molecule has 0 saturated heterocycles. The zero-order valence-corrected chi connectivity index (χ0v) is 12.5. The van der Waals surface area contributed by atoms with Crippen LogP contribution < -0.4 is 21.5 Å². The SMILES string of the molecule is Cc1cc(NN)ccc1C(=O)Nc1ccccc1N(C)C. The Hall–Kier alpha value is -2.53. The van der Waals surface area contributed by atoms with Gasteiger partial charge >= 0.3 is 0 Å². The summed E-state index contributed by atoms with van der Waals surface area (Å²) in [5.41, 5.74) is 6.59. The van der Waals surface area contributed by atoms with Crippen molar-refractivity contribution in [2.45, 2.75) is 6.92 Å². The normalized spacial score (nSPS) is 10.1. The van der Waals surface area contributed by atoms with Crippen LogP contribution in [-0.4, -0.2) is 20.0 Å². The van der Waals surface area contributed by atoms with Crippen molar-refractivity contribution in [2.24, 2.45) is 5.84 Å². The van der Waals surface area contributed by atoms with E-state index in [1.165, 1.54) is 0 Å². The maximum absolute atomic E-state index is 12.4. The highest BCUT2D eigenvalue weighted by molar-refractivity contribution is 6.07. The summed E-state index contributed by atoms with van der Waals surface area (Å²) >= 11 is 0. The van der Waals surface area contributed by atoms with E-state index in [0.29, 0.717) is 5.56 Å². The zero-order valence-electron chi connectivity index (χ0n) is 12.5. The lowest BCUT2D eigenvalue weighted by Gasteiger charge is -2.18. The van der Waals surface area contributed by atoms with Gasteiger partial charge in [0, 0.05) is 25.3 Å². The van der Waals surface area contributed by atoms with Gasteiger partial charge in [-0.1, -0.05) is 12.1 Å². The van der Waals surface area contributed by atoms with E-state index < -0.39 is 0 Å². The average Bonchev–Trinajstić information content (AvgIpc) is 2.47. The van der Waals surface area contributed by atoms with Crippen LogP contribution in [0.3, 0.4) is 0 Å². The molecule has 2 aromatic carbocycles. The molecule has 2 rings (SSSR count). The Bertz CT molecular complexity index is 652. The van der Waals surface area contributed by atoms with Crippen molar-refractivity contribution < 1.29 is 4.79 Å². The Morgan fingerprint density at radius 2 is 1.86 bits per heavy atom. The molecule has 5 heteroatoms. The Labute approximate surface area is 124 Å². The van der Waals surface area contributed by atoms with Gasteiger partial charge in [-0.25, -0.2) is 0 Å². The van der Waals surface area contributed by atoms with Gasteiger partial charge in [-0.2, -0.15) is 0 Å². The van der Waals surface area contributed by atoms with E-state index in [0.717, 1.165) is 22.6 Å². The Balaban J connectivity index is 2.26. The van der Waals surface area contributed by atoms with E-state index in [1.54, 1.807) is 12.1 Å². The Morgan fingerprint density at radius 1 is 1.14 bits per heavy atom. The summed E-state index contributed by atoms with van der Waals surface area (Å²) in [6.07, 6.45) is 0. The predicted octanol–water partition coefficient (Wildman–Crippen LogP) is 2.60. The summed E-state index contributed by atoms with van der Waals surface area (Å²) in [6.45, 7) is 1.88. The topological polar surface area (TPSA) is 70.4 Å². The molecule has 110 valence electrons. The van der Waals surface area contributed by atoms with Crippen LogP contribution in [0.4, 0.5) is 17.1 Å². The molecule has 0 atom stereocenters. The second-order valence-corrected chi connectivity index (χ2v) is 5.04. The minimum absolute atomic E-state index is 0.134. The van der Waals surface area contributed by atoms with Gasteiger partial charge in [-0.3, -0.25) is 10.6 Å². The van der Waals surface area contributed by atoms with Crippen molar-refractivity contribution in [2.75, 3.05) is 29.7 Å². The largest absolute Gasteiger partial charge is 0.376 e. The second kappa shape index (κ2) is 6.28. The molecule has 0 bridgehead atoms. The highest BCUT2D eigenvalue weighted by Gasteiger charge is 2.12. The first kappa shape index (κ1) is 14.9. The van der Waals surface area contributed by atoms with E-state index in [2.05, 4.69) is 10.7 Å². The Morgan fingerprint density at radius 3 is 2.48 bits per heavy atom. The maximum Gasteiger partial charge on any atom is 0.255 e. The van der Waals surface area contributed by atoms with Crippen molar-refractivity contribution in [3.05, 3.63) is 53.6 Å². The number of aryl methyl sites for hydroxylation is 1. The molecule has 0 saturated carbocycles. The van der Waals surface area contributed by atoms with Gasteiger partial charge in [0.1, 0.15) is 0 Å². The number of anilines is 3. The lowest BCUT2D eigenvalue weighted by molar-refractivity contribution is 0.102. The fourth-order valence-electron chi connectivity index (χ4n) is 2.17. The molecule has 0 aliphatic carbocycles. The van der Waals surface area contributed by atoms with Crippen LogP contribution in [0.25, 0.3) is 0 Å². The number of rotatable bonds is 4. The van der Waals surface area contributed by atoms with Crippen LogP contribution in [0, 0.1) is 6.92 Å². The summed E-state index contributed by atoms with van der Waals surface area (Å²) in [4.78, 5) is 14.4. The average molecular weight is 284 g/mol. The third-order valence-electron chi connectivity index (χ3n) is 3.27. The number of nitrogens with two attached hydrogens (primary N) is 1. The van der Waals surface area contributed by atoms with Crippen LogP contribution in [0.2, 0.25) is 0 Å². The second-order valence-electron chi connectivity index (χ2n) is 5.04. The number of hydrazine groups is 1. The fraction of sp³-hybridized carbons (Fsp3) is 0.188. The molecule has 4 N–H and O–H groups in total. The molecule has 0 spiro atoms. The fourth-order valence-corrected chi connectivity index (χ4v) is 2.17. The van der Waals surface area contributed by atoms with E-state index in [1.807, 2.05) is 56.3 Å². The highest BCUT2D eigenvalue weighted by atomic mass is 16.1. The monoisotopic (exact) mass is 284 g/mol. The van der Waals surface area contributed by atoms with Crippen molar-refractivity contribution in [1.82, 2.24) is 0 Å². The van der Waals surface area contributed by atoms with Crippen LogP contribution in [0.5, 0.6) is 0 Å². The number of para-hydroxylation sites is 2. The standard InChI is InChI=1S/C16H20N4O/c1-11-10-12(19-17)8-9-13(11)16(21)18-14-6-4-5-7-15(14)20(2)3/h4-10,19H,17H2,1-3H3,(H,18,21). The van der Waals surface area contributed by atoms with Gasteiger partial charge in [0.15, 0.2) is 0 Å². The lowest BCUT2D eigenvalue weighted by Crippen LogP contribution is -2.17. The molecule has 0 aliphatic heterocycles. The molecule has 0 fully saturated rings. The van der Waals surface area contributed by atoms with E-state index in [9.17, 15) is 4.79 Å². The van der Waals surface area contributed by atoms with Gasteiger partial charge in [0.2, 0.25) is 0 Å². The number of carbonyl (C=O) groups is 1. The van der Waals surface area contributed by atoms with Crippen molar-refractivity contribution in [1.29, 1.82) is 0 Å². The number of benzene rings is 2. The first-order chi connectivity index (χ1) is 10.0. The van der Waals surface area contributed by atoms with Gasteiger partial charge in [0.25, 0.3) is 5.91 Å². The molecule has 0 unspecified atom stereocenters. The molecule has 5 nitrogen and oxygen atoms in total. The van der Waals surface area contributed by atoms with Crippen LogP contribution >= 0.6 is 0 Å². The zero-order chi connectivity index (χ0) is 15.4. The molecule has 21 heavy (non-hydrogen) atoms. The van der Waals surface area contributed by atoms with Crippen LogP contribution in [-0.2, 0) is 0 Å². The number of nitrogens with zero attached hydrogens (tertiary/aromatic N) is 1. The molecule has 1 amide bonds. The first-order valence-electron chi connectivity index (χ1n) is 6.68. The molecule has 0 heterocycles. The summed E-state index contributed by atoms with van der Waals surface area (Å²) in [5.74, 6) is 5.23. The molecular weight excluding hydrogens is 264 g/mol. The number of hydrogen-bond donors (Lipinski definition) is 3. The molecular formula is C16H20N4O.